The van der Waals surface area contributed by atoms with Crippen molar-refractivity contribution in [1.82, 2.24) is 0 Å². The van der Waals surface area contributed by atoms with Crippen molar-refractivity contribution >= 4 is 40.5 Å². The first-order valence-electron chi connectivity index (χ1n) is 6.60. The minimum atomic E-state index is -0.618. The Balaban J connectivity index is 2.26. The molecular weight excluding hydrogens is 343 g/mol. The van der Waals surface area contributed by atoms with E-state index < -0.39 is 10.8 Å². The van der Waals surface area contributed by atoms with Gasteiger partial charge in [0.05, 0.1) is 16.6 Å². The molecule has 0 fully saturated rings. The number of ether oxygens (including phenoxy) is 1. The van der Waals surface area contributed by atoms with Gasteiger partial charge in [-0.25, -0.2) is 0 Å². The van der Waals surface area contributed by atoms with Crippen molar-refractivity contribution in [1.29, 1.82) is 0 Å². The highest BCUT2D eigenvalue weighted by molar-refractivity contribution is 6.32. The smallest absolute Gasteiger partial charge is 0.294 e. The third-order valence-electron chi connectivity index (χ3n) is 2.90. The summed E-state index contributed by atoms with van der Waals surface area (Å²) in [5.74, 6) is -0.0661. The van der Waals surface area contributed by atoms with E-state index in [1.54, 1.807) is 6.07 Å². The first-order valence-corrected chi connectivity index (χ1v) is 7.35. The van der Waals surface area contributed by atoms with Gasteiger partial charge >= 0.3 is 0 Å². The number of nitrogens with zero attached hydrogens (tertiary/aromatic N) is 1. The molecule has 0 aliphatic rings. The monoisotopic (exact) mass is 354 g/mol. The van der Waals surface area contributed by atoms with Crippen molar-refractivity contribution in [3.63, 3.8) is 0 Å². The average molecular weight is 355 g/mol. The minimum absolute atomic E-state index is 0.0504. The van der Waals surface area contributed by atoms with Crippen LogP contribution in [-0.2, 0) is 0 Å². The number of halogens is 2. The molecule has 0 aliphatic carbocycles. The lowest BCUT2D eigenvalue weighted by atomic mass is 10.2. The molecule has 0 bridgehead atoms. The van der Waals surface area contributed by atoms with Crippen molar-refractivity contribution in [3.05, 3.63) is 62.1 Å². The highest BCUT2D eigenvalue weighted by atomic mass is 35.5. The van der Waals surface area contributed by atoms with Crippen LogP contribution in [0.5, 0.6) is 5.75 Å². The minimum Gasteiger partial charge on any atom is -0.492 e. The van der Waals surface area contributed by atoms with Crippen LogP contribution in [0, 0.1) is 10.1 Å². The van der Waals surface area contributed by atoms with Gasteiger partial charge in [-0.1, -0.05) is 23.2 Å². The molecule has 0 aliphatic heterocycles. The summed E-state index contributed by atoms with van der Waals surface area (Å²) in [5.41, 5.74) is 0.0139. The van der Waals surface area contributed by atoms with Crippen molar-refractivity contribution in [3.8, 4) is 5.75 Å². The molecule has 120 valence electrons. The molecule has 1 amide bonds. The molecule has 0 aromatic heterocycles. The molecule has 0 spiro atoms. The third-order valence-corrected chi connectivity index (χ3v) is 3.43. The summed E-state index contributed by atoms with van der Waals surface area (Å²) in [5, 5.41) is 14.0. The van der Waals surface area contributed by atoms with E-state index >= 15 is 0 Å². The van der Waals surface area contributed by atoms with E-state index in [0.29, 0.717) is 12.4 Å². The molecule has 0 unspecified atom stereocenters. The topological polar surface area (TPSA) is 81.5 Å². The number of hydrogen-bond acceptors (Lipinski definition) is 4. The lowest BCUT2D eigenvalue weighted by molar-refractivity contribution is -0.383. The third kappa shape index (κ3) is 4.12. The molecule has 0 saturated heterocycles. The van der Waals surface area contributed by atoms with Gasteiger partial charge in [-0.05, 0) is 37.3 Å². The molecule has 8 heteroatoms. The predicted molar refractivity (Wildman–Crippen MR) is 88.7 cm³/mol. The number of benzene rings is 2. The number of carbonyl (C=O) groups excluding carboxylic acids is 1. The highest BCUT2D eigenvalue weighted by Crippen LogP contribution is 2.29. The Hall–Kier alpha value is -2.31. The predicted octanol–water partition coefficient (Wildman–Crippen LogP) is 4.55. The van der Waals surface area contributed by atoms with Gasteiger partial charge in [0.1, 0.15) is 11.4 Å². The molecule has 23 heavy (non-hydrogen) atoms. The highest BCUT2D eigenvalue weighted by Gasteiger charge is 2.18. The summed E-state index contributed by atoms with van der Waals surface area (Å²) in [6, 6.07) is 8.51. The van der Waals surface area contributed by atoms with Gasteiger partial charge in [-0.3, -0.25) is 14.9 Å². The SMILES string of the molecule is CCOc1ccc(C(=O)Nc2ccc(Cl)cc2[N+](=O)[O-])cc1Cl. The van der Waals surface area contributed by atoms with Crippen LogP contribution >= 0.6 is 23.2 Å². The van der Waals surface area contributed by atoms with E-state index in [1.807, 2.05) is 6.92 Å². The van der Waals surface area contributed by atoms with Crippen LogP contribution in [0.3, 0.4) is 0 Å². The Morgan fingerprint density at radius 3 is 2.61 bits per heavy atom. The van der Waals surface area contributed by atoms with Gasteiger partial charge in [0, 0.05) is 16.7 Å². The lowest BCUT2D eigenvalue weighted by Gasteiger charge is -2.09. The molecule has 1 N–H and O–H groups in total. The second-order valence-electron chi connectivity index (χ2n) is 4.45. The molecule has 0 heterocycles. The van der Waals surface area contributed by atoms with Crippen LogP contribution in [0.15, 0.2) is 36.4 Å². The van der Waals surface area contributed by atoms with Gasteiger partial charge in [-0.2, -0.15) is 0 Å². The van der Waals surface area contributed by atoms with Crippen molar-refractivity contribution in [2.75, 3.05) is 11.9 Å². The van der Waals surface area contributed by atoms with E-state index in [1.165, 1.54) is 30.3 Å². The number of nitrogens with one attached hydrogen (secondary N) is 1. The summed E-state index contributed by atoms with van der Waals surface area (Å²) in [6.07, 6.45) is 0. The molecule has 6 nitrogen and oxygen atoms in total. The fourth-order valence-electron chi connectivity index (χ4n) is 1.87. The molecule has 2 aromatic carbocycles. The van der Waals surface area contributed by atoms with E-state index in [4.69, 9.17) is 27.9 Å². The number of rotatable bonds is 5. The molecule has 2 aromatic rings. The molecular formula is C15H12Cl2N2O4. The van der Waals surface area contributed by atoms with Crippen LogP contribution in [0.25, 0.3) is 0 Å². The Labute approximate surface area is 142 Å². The van der Waals surface area contributed by atoms with E-state index in [2.05, 4.69) is 5.32 Å². The Kier molecular flexibility index (Phi) is 5.41. The number of nitro benzene ring substituents is 1. The van der Waals surface area contributed by atoms with Gasteiger partial charge in [0.2, 0.25) is 0 Å². The summed E-state index contributed by atoms with van der Waals surface area (Å²) < 4.78 is 5.29. The first kappa shape index (κ1) is 17.1. The number of anilines is 1. The fourth-order valence-corrected chi connectivity index (χ4v) is 2.27. The number of nitro groups is 1. The van der Waals surface area contributed by atoms with Crippen LogP contribution in [0.1, 0.15) is 17.3 Å². The summed E-state index contributed by atoms with van der Waals surface area (Å²) in [6.45, 7) is 2.26. The zero-order chi connectivity index (χ0) is 17.0. The Morgan fingerprint density at radius 1 is 1.26 bits per heavy atom. The zero-order valence-electron chi connectivity index (χ0n) is 12.0. The number of hydrogen-bond donors (Lipinski definition) is 1. The Bertz CT molecular complexity index is 765. The van der Waals surface area contributed by atoms with Gasteiger partial charge < -0.3 is 10.1 Å². The van der Waals surface area contributed by atoms with E-state index in [-0.39, 0.29) is 27.0 Å². The van der Waals surface area contributed by atoms with E-state index in [9.17, 15) is 14.9 Å². The largest absolute Gasteiger partial charge is 0.492 e. The number of carbonyl (C=O) groups is 1. The second-order valence-corrected chi connectivity index (χ2v) is 5.29. The van der Waals surface area contributed by atoms with Gasteiger partial charge in [-0.15, -0.1) is 0 Å². The first-order chi connectivity index (χ1) is 10.9. The second kappa shape index (κ2) is 7.30. The van der Waals surface area contributed by atoms with Crippen molar-refractivity contribution in [2.24, 2.45) is 0 Å². The summed E-state index contributed by atoms with van der Waals surface area (Å²) in [7, 11) is 0. The average Bonchev–Trinajstić information content (AvgIpc) is 2.51. The van der Waals surface area contributed by atoms with Crippen molar-refractivity contribution in [2.45, 2.75) is 6.92 Å². The molecule has 0 radical (unpaired) electrons. The van der Waals surface area contributed by atoms with Gasteiger partial charge in [0.15, 0.2) is 0 Å². The standard InChI is InChI=1S/C15H12Cl2N2O4/c1-2-23-14-6-3-9(7-11(14)17)15(20)18-12-5-4-10(16)8-13(12)19(21)22/h3-8H,2H2,1H3,(H,18,20). The Morgan fingerprint density at radius 2 is 2.00 bits per heavy atom. The van der Waals surface area contributed by atoms with Crippen LogP contribution < -0.4 is 10.1 Å². The van der Waals surface area contributed by atoms with E-state index in [0.717, 1.165) is 0 Å². The molecule has 0 atom stereocenters. The maximum Gasteiger partial charge on any atom is 0.294 e. The summed E-state index contributed by atoms with van der Waals surface area (Å²) >= 11 is 11.8. The quantitative estimate of drug-likeness (QED) is 0.630. The molecule has 2 rings (SSSR count). The zero-order valence-corrected chi connectivity index (χ0v) is 13.5. The normalized spacial score (nSPS) is 10.2. The lowest BCUT2D eigenvalue weighted by Crippen LogP contribution is -2.13. The maximum atomic E-state index is 12.2. The number of amides is 1. The molecule has 0 saturated carbocycles. The van der Waals surface area contributed by atoms with Crippen LogP contribution in [0.4, 0.5) is 11.4 Å². The van der Waals surface area contributed by atoms with Gasteiger partial charge in [0.25, 0.3) is 11.6 Å². The summed E-state index contributed by atoms with van der Waals surface area (Å²) in [4.78, 5) is 22.6. The van der Waals surface area contributed by atoms with Crippen LogP contribution in [-0.4, -0.2) is 17.4 Å². The van der Waals surface area contributed by atoms with Crippen LogP contribution in [0.2, 0.25) is 10.0 Å². The maximum absolute atomic E-state index is 12.2. The fraction of sp³-hybridized carbons (Fsp3) is 0.133. The van der Waals surface area contributed by atoms with Crippen molar-refractivity contribution < 1.29 is 14.5 Å².